The van der Waals surface area contributed by atoms with Crippen molar-refractivity contribution in [3.8, 4) is 11.4 Å². The standard InChI is InChI=1S/C67H87FN10O17/c1-5-67(88)47-31-52-60-45(34-78(52)63(84)46(47)36-94-64(67)85)58-49(18-17-43-39(4)48(68)32-51(75-60)57(43)58)74-55(80)33-72-66(87)95-35-40-13-15-42(16-14-40)73-61(82)50(11-9-20-71-65(69)86)76-62(83)59(38(2)3)77-54(79)19-22-89-24-26-91-28-29-92-27-25-90-23-21-70-56(81)37-93-53-12-8-6-7-10-41-30-44(41)53/h13-16,30-32,38,44,49-50,53,59,88H,5-12,17-29,33-37H2,1-4H3,(H,70,81)(H,72,87)(H,73,82)(H,74,80)(H,76,83)(H,77,79)(H3,69,71,86)/t44?,49-,50-,53?,59-,67-/m0/s1. The Morgan fingerprint density at radius 2 is 1.55 bits per heavy atom. The minimum Gasteiger partial charge on any atom is -0.458 e. The van der Waals surface area contributed by atoms with E-state index in [0.717, 1.165) is 24.8 Å². The number of halogens is 1. The normalized spacial score (nSPS) is 18.8. The molecule has 3 aliphatic carbocycles. The number of esters is 1. The first-order chi connectivity index (χ1) is 45.7. The molecule has 27 nitrogen and oxygen atoms in total. The number of ether oxygens (including phenoxy) is 7. The lowest BCUT2D eigenvalue weighted by Gasteiger charge is -2.31. The Morgan fingerprint density at radius 1 is 0.821 bits per heavy atom. The summed E-state index contributed by atoms with van der Waals surface area (Å²) in [5.74, 6) is -3.67. The van der Waals surface area contributed by atoms with Gasteiger partial charge in [0.25, 0.3) is 5.56 Å². The highest BCUT2D eigenvalue weighted by Crippen LogP contribution is 2.46. The van der Waals surface area contributed by atoms with Crippen molar-refractivity contribution < 1.29 is 81.0 Å². The second-order valence-corrected chi connectivity index (χ2v) is 24.6. The first kappa shape index (κ1) is 70.9. The lowest BCUT2D eigenvalue weighted by Crippen LogP contribution is -2.54. The van der Waals surface area contributed by atoms with E-state index >= 15 is 4.39 Å². The molecule has 0 saturated heterocycles. The number of urea groups is 1. The number of aromatic nitrogens is 2. The lowest BCUT2D eigenvalue weighted by molar-refractivity contribution is -0.172. The molecule has 10 N–H and O–H groups in total. The molecule has 8 amide bonds. The predicted octanol–water partition coefficient (Wildman–Crippen LogP) is 4.05. The van der Waals surface area contributed by atoms with Crippen molar-refractivity contribution in [1.82, 2.24) is 41.5 Å². The molecule has 6 atom stereocenters. The van der Waals surface area contributed by atoms with Gasteiger partial charge in [-0.15, -0.1) is 0 Å². The van der Waals surface area contributed by atoms with E-state index in [1.165, 1.54) is 29.0 Å². The van der Waals surface area contributed by atoms with E-state index < -0.39 is 83.4 Å². The van der Waals surface area contributed by atoms with Gasteiger partial charge in [0.05, 0.1) is 94.0 Å². The van der Waals surface area contributed by atoms with Gasteiger partial charge in [-0.05, 0) is 105 Å². The van der Waals surface area contributed by atoms with Crippen LogP contribution in [0.25, 0.3) is 22.3 Å². The second-order valence-electron chi connectivity index (χ2n) is 24.6. The Kier molecular flexibility index (Phi) is 24.9. The van der Waals surface area contributed by atoms with Crippen molar-refractivity contribution >= 4 is 64.2 Å². The van der Waals surface area contributed by atoms with Gasteiger partial charge in [0, 0.05) is 53.7 Å². The van der Waals surface area contributed by atoms with Crippen molar-refractivity contribution in [1.29, 1.82) is 0 Å². The zero-order valence-corrected chi connectivity index (χ0v) is 54.2. The Hall–Kier alpha value is -8.41. The van der Waals surface area contributed by atoms with Crippen LogP contribution in [-0.4, -0.2) is 160 Å². The summed E-state index contributed by atoms with van der Waals surface area (Å²) in [5.41, 5.74) is 8.69. The number of carbonyl (C=O) groups is 8. The Labute approximate surface area is 549 Å². The number of hydrogen-bond acceptors (Lipinski definition) is 18. The van der Waals surface area contributed by atoms with Crippen LogP contribution in [0.4, 0.5) is 19.7 Å². The van der Waals surface area contributed by atoms with Gasteiger partial charge in [0.2, 0.25) is 29.5 Å². The fourth-order valence-electron chi connectivity index (χ4n) is 12.5. The van der Waals surface area contributed by atoms with E-state index in [0.29, 0.717) is 109 Å². The molecule has 0 bridgehead atoms. The average Bonchev–Trinajstić information content (AvgIpc) is 1.63. The van der Waals surface area contributed by atoms with Gasteiger partial charge in [0.15, 0.2) is 5.60 Å². The highest BCUT2D eigenvalue weighted by molar-refractivity contribution is 5.99. The van der Waals surface area contributed by atoms with Gasteiger partial charge in [0.1, 0.15) is 44.3 Å². The molecule has 9 rings (SSSR count). The molecular weight excluding hydrogens is 1240 g/mol. The van der Waals surface area contributed by atoms with Crippen LogP contribution < -0.4 is 48.5 Å². The predicted molar refractivity (Wildman–Crippen MR) is 343 cm³/mol. The highest BCUT2D eigenvalue weighted by Gasteiger charge is 2.46. The monoisotopic (exact) mass is 1320 g/mol. The molecule has 4 heterocycles. The van der Waals surface area contributed by atoms with Gasteiger partial charge >= 0.3 is 18.1 Å². The molecule has 1 saturated carbocycles. The maximum atomic E-state index is 15.4. The minimum absolute atomic E-state index is 0.0459. The molecular formula is C67H87FN10O17. The number of nitrogens with zero attached hydrogens (tertiary/aromatic N) is 2. The van der Waals surface area contributed by atoms with Crippen LogP contribution in [0.1, 0.15) is 130 Å². The van der Waals surface area contributed by atoms with E-state index in [1.54, 1.807) is 58.0 Å². The summed E-state index contributed by atoms with van der Waals surface area (Å²) in [5, 5.41) is 31.1. The fraction of sp³-hybridized carbons (Fsp3) is 0.552. The lowest BCUT2D eigenvalue weighted by atomic mass is 9.81. The van der Waals surface area contributed by atoms with Gasteiger partial charge in [-0.3, -0.25) is 28.8 Å². The Bertz CT molecular complexity index is 3580. The Morgan fingerprint density at radius 3 is 2.26 bits per heavy atom. The number of fused-ring (bicyclic) bond motifs is 6. The molecule has 0 spiro atoms. The molecule has 514 valence electrons. The molecule has 0 radical (unpaired) electrons. The summed E-state index contributed by atoms with van der Waals surface area (Å²) >= 11 is 0. The third kappa shape index (κ3) is 18.3. The fourth-order valence-corrected chi connectivity index (χ4v) is 12.5. The van der Waals surface area contributed by atoms with Crippen molar-refractivity contribution in [2.24, 2.45) is 17.6 Å². The van der Waals surface area contributed by atoms with Crippen LogP contribution in [-0.2, 0) is 93.7 Å². The van der Waals surface area contributed by atoms with Crippen LogP contribution in [0, 0.1) is 24.6 Å². The molecule has 28 heteroatoms. The van der Waals surface area contributed by atoms with Crippen molar-refractivity contribution in [2.75, 3.05) is 84.4 Å². The second kappa shape index (κ2) is 33.3. The Balaban J connectivity index is 0.669. The van der Waals surface area contributed by atoms with Crippen LogP contribution >= 0.6 is 0 Å². The number of carbonyl (C=O) groups excluding carboxylic acids is 8. The number of rotatable bonds is 34. The summed E-state index contributed by atoms with van der Waals surface area (Å²) in [7, 11) is 0. The summed E-state index contributed by atoms with van der Waals surface area (Å²) in [6, 6.07) is 5.67. The largest absolute Gasteiger partial charge is 0.458 e. The molecule has 1 fully saturated rings. The molecule has 4 aromatic rings. The van der Waals surface area contributed by atoms with Gasteiger partial charge < -0.3 is 85.8 Å². The average molecular weight is 1320 g/mol. The molecule has 2 unspecified atom stereocenters. The summed E-state index contributed by atoms with van der Waals surface area (Å²) in [6.07, 6.45) is 8.15. The first-order valence-electron chi connectivity index (χ1n) is 32.7. The van der Waals surface area contributed by atoms with E-state index in [4.69, 9.17) is 43.9 Å². The van der Waals surface area contributed by atoms with Gasteiger partial charge in [-0.1, -0.05) is 57.4 Å². The number of primary amides is 1. The number of hydrogen-bond donors (Lipinski definition) is 9. The van der Waals surface area contributed by atoms with Crippen LogP contribution in [0.15, 0.2) is 52.8 Å². The van der Waals surface area contributed by atoms with Gasteiger partial charge in [-0.2, -0.15) is 0 Å². The third-order valence-corrected chi connectivity index (χ3v) is 17.7. The minimum atomic E-state index is -2.06. The van der Waals surface area contributed by atoms with Crippen LogP contribution in [0.3, 0.4) is 0 Å². The first-order valence-corrected chi connectivity index (χ1v) is 32.7. The molecule has 2 aromatic carbocycles. The van der Waals surface area contributed by atoms with E-state index in [-0.39, 0.29) is 107 Å². The van der Waals surface area contributed by atoms with Crippen molar-refractivity contribution in [2.45, 2.75) is 148 Å². The van der Waals surface area contributed by atoms with Crippen molar-refractivity contribution in [3.05, 3.63) is 103 Å². The number of nitrogens with two attached hydrogens (primary N) is 1. The third-order valence-electron chi connectivity index (χ3n) is 17.7. The number of pyridine rings is 2. The number of aliphatic hydroxyl groups is 1. The smallest absolute Gasteiger partial charge is 0.407 e. The zero-order valence-electron chi connectivity index (χ0n) is 54.2. The van der Waals surface area contributed by atoms with Gasteiger partial charge in [-0.25, -0.2) is 23.8 Å². The quantitative estimate of drug-likeness (QED) is 0.0159. The zero-order chi connectivity index (χ0) is 67.8. The number of benzene rings is 2. The summed E-state index contributed by atoms with van der Waals surface area (Å²) in [4.78, 5) is 122. The number of nitrogens with one attached hydrogen (secondary N) is 7. The van der Waals surface area contributed by atoms with Crippen LogP contribution in [0.5, 0.6) is 0 Å². The summed E-state index contributed by atoms with van der Waals surface area (Å²) in [6.45, 7) is 8.59. The topological polar surface area (TPSA) is 367 Å². The van der Waals surface area contributed by atoms with E-state index in [2.05, 4.69) is 43.3 Å². The maximum Gasteiger partial charge on any atom is 0.407 e. The molecule has 2 aliphatic heterocycles. The number of aryl methyl sites for hydroxylation is 1. The number of anilines is 1. The maximum absolute atomic E-state index is 15.4. The molecule has 5 aliphatic rings. The van der Waals surface area contributed by atoms with Crippen LogP contribution in [0.2, 0.25) is 0 Å². The van der Waals surface area contributed by atoms with Crippen molar-refractivity contribution in [3.63, 3.8) is 0 Å². The van der Waals surface area contributed by atoms with E-state index in [1.807, 2.05) is 0 Å². The number of amides is 8. The molecule has 2 aromatic heterocycles. The number of cyclic esters (lactones) is 1. The molecule has 95 heavy (non-hydrogen) atoms. The SMILES string of the molecule is CC[C@@]1(O)C(=O)OCc2c1cc1n(c2=O)Cc2c-1nc1cc(F)c(C)c3c1c2[C@@H](NC(=O)CNC(=O)OCc1ccc(NC(=O)[C@H](CCCNC(N)=O)NC(=O)[C@@H](NC(=O)CCOCCOCCOCCOCCNC(=O)COC2CCCCCC4=CC42)C(C)C)cc1)CC3. The summed E-state index contributed by atoms with van der Waals surface area (Å²) < 4.78 is 55.7. The van der Waals surface area contributed by atoms with E-state index in [9.17, 15) is 48.3 Å². The highest BCUT2D eigenvalue weighted by atomic mass is 19.1. The number of alkyl carbamates (subject to hydrolysis) is 1.